The average Bonchev–Trinajstić information content (AvgIpc) is 2.28. The van der Waals surface area contributed by atoms with Crippen LogP contribution >= 0.6 is 12.2 Å². The summed E-state index contributed by atoms with van der Waals surface area (Å²) in [5.74, 6) is 0.906. The van der Waals surface area contributed by atoms with E-state index in [4.69, 9.17) is 22.7 Å². The van der Waals surface area contributed by atoms with Crippen molar-refractivity contribution in [3.63, 3.8) is 0 Å². The lowest BCUT2D eigenvalue weighted by Gasteiger charge is -2.43. The maximum atomic E-state index is 5.64. The van der Waals surface area contributed by atoms with E-state index in [1.165, 1.54) is 0 Å². The molecule has 2 rings (SSSR count). The number of aromatic nitrogens is 1. The molecule has 1 fully saturated rings. The second kappa shape index (κ2) is 4.58. The molecule has 0 atom stereocenters. The Morgan fingerprint density at radius 1 is 1.59 bits per heavy atom. The van der Waals surface area contributed by atoms with Crippen molar-refractivity contribution in [1.82, 2.24) is 4.98 Å². The number of morpholine rings is 1. The molecule has 4 nitrogen and oxygen atoms in total. The third kappa shape index (κ3) is 2.56. The molecule has 1 aromatic heterocycles. The maximum absolute atomic E-state index is 5.64. The summed E-state index contributed by atoms with van der Waals surface area (Å²) in [6, 6.07) is 3.77. The molecule has 0 aliphatic carbocycles. The lowest BCUT2D eigenvalue weighted by Crippen LogP contribution is -2.53. The molecule has 0 saturated carbocycles. The molecule has 0 radical (unpaired) electrons. The highest BCUT2D eigenvalue weighted by atomic mass is 32.1. The Hall–Kier alpha value is -1.20. The van der Waals surface area contributed by atoms with E-state index in [1.54, 1.807) is 6.20 Å². The van der Waals surface area contributed by atoms with Gasteiger partial charge in [-0.15, -0.1) is 0 Å². The minimum Gasteiger partial charge on any atom is -0.389 e. The molecular weight excluding hydrogens is 234 g/mol. The van der Waals surface area contributed by atoms with Crippen LogP contribution in [0, 0.1) is 0 Å². The van der Waals surface area contributed by atoms with Crippen LogP contribution in [-0.4, -0.2) is 35.3 Å². The van der Waals surface area contributed by atoms with Gasteiger partial charge in [0.2, 0.25) is 0 Å². The zero-order valence-electron chi connectivity index (χ0n) is 10.1. The van der Waals surface area contributed by atoms with Gasteiger partial charge < -0.3 is 15.4 Å². The molecule has 0 spiro atoms. The van der Waals surface area contributed by atoms with Gasteiger partial charge in [0.25, 0.3) is 0 Å². The Morgan fingerprint density at radius 3 is 3.00 bits per heavy atom. The highest BCUT2D eigenvalue weighted by molar-refractivity contribution is 7.80. The first-order chi connectivity index (χ1) is 8.00. The van der Waals surface area contributed by atoms with Crippen LogP contribution in [0.2, 0.25) is 0 Å². The van der Waals surface area contributed by atoms with Crippen LogP contribution in [0.4, 0.5) is 5.82 Å². The Bertz CT molecular complexity index is 434. The third-order valence-corrected chi connectivity index (χ3v) is 3.19. The van der Waals surface area contributed by atoms with Crippen molar-refractivity contribution in [2.75, 3.05) is 24.7 Å². The number of ether oxygens (including phenoxy) is 1. The fourth-order valence-electron chi connectivity index (χ4n) is 2.00. The standard InChI is InChI=1S/C12H17N3OS/c1-12(2)8-16-6-5-15(12)10-7-9(11(13)17)3-4-14-10/h3-4,7H,5-6,8H2,1-2H3,(H2,13,17). The van der Waals surface area contributed by atoms with Crippen LogP contribution in [-0.2, 0) is 4.74 Å². The Labute approximate surface area is 107 Å². The molecule has 0 amide bonds. The molecule has 0 aromatic carbocycles. The van der Waals surface area contributed by atoms with Crippen molar-refractivity contribution in [2.45, 2.75) is 19.4 Å². The zero-order valence-corrected chi connectivity index (χ0v) is 11.0. The molecule has 0 bridgehead atoms. The van der Waals surface area contributed by atoms with Gasteiger partial charge in [-0.3, -0.25) is 0 Å². The maximum Gasteiger partial charge on any atom is 0.129 e. The predicted octanol–water partition coefficient (Wildman–Crippen LogP) is 1.33. The summed E-state index contributed by atoms with van der Waals surface area (Å²) in [7, 11) is 0. The van der Waals surface area contributed by atoms with E-state index in [-0.39, 0.29) is 5.54 Å². The van der Waals surface area contributed by atoms with Gasteiger partial charge in [-0.2, -0.15) is 0 Å². The molecule has 1 saturated heterocycles. The fourth-order valence-corrected chi connectivity index (χ4v) is 2.13. The summed E-state index contributed by atoms with van der Waals surface area (Å²) in [6.07, 6.45) is 1.75. The molecule has 1 aromatic rings. The molecular formula is C12H17N3OS. The second-order valence-corrected chi connectivity index (χ2v) is 5.22. The molecule has 92 valence electrons. The van der Waals surface area contributed by atoms with Crippen molar-refractivity contribution < 1.29 is 4.74 Å². The van der Waals surface area contributed by atoms with Crippen molar-refractivity contribution in [3.05, 3.63) is 23.9 Å². The van der Waals surface area contributed by atoms with E-state index in [0.29, 0.717) is 11.6 Å². The smallest absolute Gasteiger partial charge is 0.129 e. The van der Waals surface area contributed by atoms with Crippen molar-refractivity contribution in [1.29, 1.82) is 0 Å². The first kappa shape index (κ1) is 12.3. The topological polar surface area (TPSA) is 51.4 Å². The van der Waals surface area contributed by atoms with Gasteiger partial charge in [-0.05, 0) is 26.0 Å². The SMILES string of the molecule is CC1(C)COCCN1c1cc(C(N)=S)ccn1. The Kier molecular flexibility index (Phi) is 3.31. The van der Waals surface area contributed by atoms with Gasteiger partial charge in [0.15, 0.2) is 0 Å². The number of nitrogens with zero attached hydrogens (tertiary/aromatic N) is 2. The van der Waals surface area contributed by atoms with Gasteiger partial charge in [-0.25, -0.2) is 4.98 Å². The first-order valence-electron chi connectivity index (χ1n) is 5.62. The molecule has 17 heavy (non-hydrogen) atoms. The van der Waals surface area contributed by atoms with E-state index < -0.39 is 0 Å². The number of nitrogens with two attached hydrogens (primary N) is 1. The summed E-state index contributed by atoms with van der Waals surface area (Å²) in [5, 5.41) is 0. The summed E-state index contributed by atoms with van der Waals surface area (Å²) in [6.45, 7) is 6.54. The zero-order chi connectivity index (χ0) is 12.5. The highest BCUT2D eigenvalue weighted by Gasteiger charge is 2.31. The predicted molar refractivity (Wildman–Crippen MR) is 72.4 cm³/mol. The Morgan fingerprint density at radius 2 is 2.35 bits per heavy atom. The van der Waals surface area contributed by atoms with Gasteiger partial charge in [0.05, 0.1) is 18.8 Å². The number of anilines is 1. The van der Waals surface area contributed by atoms with Crippen LogP contribution in [0.25, 0.3) is 0 Å². The minimum absolute atomic E-state index is 0.0555. The van der Waals surface area contributed by atoms with Crippen LogP contribution in [0.1, 0.15) is 19.4 Å². The van der Waals surface area contributed by atoms with Crippen molar-refractivity contribution in [3.8, 4) is 0 Å². The minimum atomic E-state index is -0.0555. The highest BCUT2D eigenvalue weighted by Crippen LogP contribution is 2.25. The fraction of sp³-hybridized carbons (Fsp3) is 0.500. The Balaban J connectivity index is 2.32. The summed E-state index contributed by atoms with van der Waals surface area (Å²) < 4.78 is 5.49. The summed E-state index contributed by atoms with van der Waals surface area (Å²) in [4.78, 5) is 7.03. The van der Waals surface area contributed by atoms with Gasteiger partial charge in [0, 0.05) is 18.3 Å². The number of thiocarbonyl (C=S) groups is 1. The summed E-state index contributed by atoms with van der Waals surface area (Å²) >= 11 is 4.99. The van der Waals surface area contributed by atoms with E-state index in [9.17, 15) is 0 Å². The quantitative estimate of drug-likeness (QED) is 0.804. The van der Waals surface area contributed by atoms with E-state index in [2.05, 4.69) is 23.7 Å². The van der Waals surface area contributed by atoms with Gasteiger partial charge in [-0.1, -0.05) is 12.2 Å². The number of pyridine rings is 1. The van der Waals surface area contributed by atoms with Crippen LogP contribution in [0.3, 0.4) is 0 Å². The number of hydrogen-bond acceptors (Lipinski definition) is 4. The van der Waals surface area contributed by atoms with E-state index >= 15 is 0 Å². The number of hydrogen-bond donors (Lipinski definition) is 1. The lowest BCUT2D eigenvalue weighted by molar-refractivity contribution is 0.0639. The largest absolute Gasteiger partial charge is 0.389 e. The molecule has 2 N–H and O–H groups in total. The average molecular weight is 251 g/mol. The van der Waals surface area contributed by atoms with Crippen LogP contribution in [0.15, 0.2) is 18.3 Å². The molecule has 0 unspecified atom stereocenters. The summed E-state index contributed by atoms with van der Waals surface area (Å²) in [5.41, 5.74) is 6.44. The molecule has 5 heteroatoms. The lowest BCUT2D eigenvalue weighted by atomic mass is 10.0. The second-order valence-electron chi connectivity index (χ2n) is 4.78. The van der Waals surface area contributed by atoms with Gasteiger partial charge >= 0.3 is 0 Å². The van der Waals surface area contributed by atoms with Crippen molar-refractivity contribution in [2.24, 2.45) is 5.73 Å². The normalized spacial score (nSPS) is 19.1. The first-order valence-corrected chi connectivity index (χ1v) is 6.03. The monoisotopic (exact) mass is 251 g/mol. The third-order valence-electron chi connectivity index (χ3n) is 2.95. The van der Waals surface area contributed by atoms with Crippen molar-refractivity contribution >= 4 is 23.0 Å². The molecule has 1 aliphatic heterocycles. The molecule has 2 heterocycles. The van der Waals surface area contributed by atoms with Gasteiger partial charge in [0.1, 0.15) is 10.8 Å². The van der Waals surface area contributed by atoms with E-state index in [1.807, 2.05) is 12.1 Å². The molecule has 1 aliphatic rings. The van der Waals surface area contributed by atoms with Crippen LogP contribution < -0.4 is 10.6 Å². The number of rotatable bonds is 2. The van der Waals surface area contributed by atoms with Crippen LogP contribution in [0.5, 0.6) is 0 Å². The van der Waals surface area contributed by atoms with E-state index in [0.717, 1.165) is 24.5 Å².